The summed E-state index contributed by atoms with van der Waals surface area (Å²) >= 11 is 5.94. The molecule has 0 radical (unpaired) electrons. The fourth-order valence-electron chi connectivity index (χ4n) is 2.33. The molecule has 3 heterocycles. The number of hydrogen-bond donors (Lipinski definition) is 0. The molecule has 0 aromatic carbocycles. The molecule has 120 valence electrons. The van der Waals surface area contributed by atoms with E-state index in [2.05, 4.69) is 10.1 Å². The second-order valence-corrected chi connectivity index (χ2v) is 6.02. The normalized spacial score (nSPS) is 11.3. The number of rotatable bonds is 4. The van der Waals surface area contributed by atoms with E-state index in [1.54, 1.807) is 35.9 Å². The number of fused-ring (bicyclic) bond motifs is 1. The van der Waals surface area contributed by atoms with Crippen LogP contribution in [0.2, 0.25) is 5.02 Å². The third kappa shape index (κ3) is 3.07. The monoisotopic (exact) mass is 333 g/mol. The highest BCUT2D eigenvalue weighted by Gasteiger charge is 2.24. The zero-order valence-electron chi connectivity index (χ0n) is 13.0. The Labute approximate surface area is 138 Å². The van der Waals surface area contributed by atoms with E-state index in [0.717, 1.165) is 5.65 Å². The highest BCUT2D eigenvalue weighted by Crippen LogP contribution is 2.23. The van der Waals surface area contributed by atoms with E-state index < -0.39 is 5.97 Å². The number of carbonyl (C=O) groups excluding carboxylic acids is 1. The molecule has 7 heteroatoms. The topological polar surface area (TPSA) is 69.6 Å². The van der Waals surface area contributed by atoms with E-state index in [9.17, 15) is 4.79 Å². The standard InChI is InChI=1S/C16H16ClN3O3/c1-9(2)15-14(10(3)19-23-15)16(21)22-8-12-7-20-6-11(17)4-5-13(20)18-12/h4-7,9H,8H2,1-3H3. The maximum atomic E-state index is 12.3. The Morgan fingerprint density at radius 1 is 1.39 bits per heavy atom. The first-order valence-electron chi connectivity index (χ1n) is 7.22. The smallest absolute Gasteiger partial charge is 0.344 e. The van der Waals surface area contributed by atoms with Gasteiger partial charge in [0.1, 0.15) is 17.8 Å². The molecule has 0 aliphatic rings. The molecule has 0 aliphatic carbocycles. The van der Waals surface area contributed by atoms with Crippen molar-refractivity contribution in [2.75, 3.05) is 0 Å². The van der Waals surface area contributed by atoms with Crippen LogP contribution in [0.25, 0.3) is 5.65 Å². The van der Waals surface area contributed by atoms with Crippen LogP contribution >= 0.6 is 11.6 Å². The second-order valence-electron chi connectivity index (χ2n) is 5.58. The van der Waals surface area contributed by atoms with Gasteiger partial charge in [-0.3, -0.25) is 0 Å². The van der Waals surface area contributed by atoms with Gasteiger partial charge in [0.2, 0.25) is 0 Å². The number of nitrogens with zero attached hydrogens (tertiary/aromatic N) is 3. The van der Waals surface area contributed by atoms with Crippen LogP contribution < -0.4 is 0 Å². The molecule has 0 unspecified atom stereocenters. The van der Waals surface area contributed by atoms with E-state index in [1.165, 1.54) is 0 Å². The fraction of sp³-hybridized carbons (Fsp3) is 0.312. The molecule has 3 aromatic rings. The van der Waals surface area contributed by atoms with Crippen molar-refractivity contribution in [2.24, 2.45) is 0 Å². The van der Waals surface area contributed by atoms with E-state index in [-0.39, 0.29) is 12.5 Å². The van der Waals surface area contributed by atoms with Crippen molar-refractivity contribution in [2.45, 2.75) is 33.3 Å². The molecule has 3 rings (SSSR count). The van der Waals surface area contributed by atoms with Crippen molar-refractivity contribution in [1.82, 2.24) is 14.5 Å². The number of esters is 1. The first-order chi connectivity index (χ1) is 11.0. The summed E-state index contributed by atoms with van der Waals surface area (Å²) in [4.78, 5) is 16.7. The van der Waals surface area contributed by atoms with Gasteiger partial charge in [-0.1, -0.05) is 30.6 Å². The zero-order valence-corrected chi connectivity index (χ0v) is 13.8. The molecule has 0 saturated heterocycles. The first-order valence-corrected chi connectivity index (χ1v) is 7.60. The van der Waals surface area contributed by atoms with E-state index in [1.807, 2.05) is 13.8 Å². The Kier molecular flexibility index (Phi) is 4.09. The molecule has 0 atom stereocenters. The van der Waals surface area contributed by atoms with Gasteiger partial charge in [0.05, 0.1) is 16.4 Å². The third-order valence-corrected chi connectivity index (χ3v) is 3.66. The number of aromatic nitrogens is 3. The Bertz CT molecular complexity index is 867. The first kappa shape index (κ1) is 15.6. The summed E-state index contributed by atoms with van der Waals surface area (Å²) in [7, 11) is 0. The quantitative estimate of drug-likeness (QED) is 0.680. The molecule has 0 amide bonds. The van der Waals surface area contributed by atoms with Crippen molar-refractivity contribution in [3.8, 4) is 0 Å². The van der Waals surface area contributed by atoms with Gasteiger partial charge in [0.25, 0.3) is 0 Å². The van der Waals surface area contributed by atoms with Crippen LogP contribution in [-0.4, -0.2) is 20.5 Å². The molecule has 23 heavy (non-hydrogen) atoms. The minimum absolute atomic E-state index is 0.0519. The van der Waals surface area contributed by atoms with Gasteiger partial charge >= 0.3 is 5.97 Å². The SMILES string of the molecule is Cc1noc(C(C)C)c1C(=O)OCc1cn2cc(Cl)ccc2n1. The Hall–Kier alpha value is -2.34. The second kappa shape index (κ2) is 6.04. The number of halogens is 1. The summed E-state index contributed by atoms with van der Waals surface area (Å²) in [6, 6.07) is 3.56. The molecule has 0 saturated carbocycles. The Balaban J connectivity index is 1.77. The lowest BCUT2D eigenvalue weighted by Gasteiger charge is -2.05. The van der Waals surface area contributed by atoms with Crippen LogP contribution in [0.4, 0.5) is 0 Å². The zero-order chi connectivity index (χ0) is 16.6. The number of imidazole rings is 1. The van der Waals surface area contributed by atoms with Crippen LogP contribution in [0.15, 0.2) is 29.0 Å². The number of carbonyl (C=O) groups is 1. The van der Waals surface area contributed by atoms with Gasteiger partial charge in [-0.05, 0) is 19.1 Å². The maximum absolute atomic E-state index is 12.3. The number of pyridine rings is 1. The van der Waals surface area contributed by atoms with Gasteiger partial charge in [0, 0.05) is 18.3 Å². The Morgan fingerprint density at radius 3 is 2.91 bits per heavy atom. The molecule has 3 aromatic heterocycles. The predicted molar refractivity (Wildman–Crippen MR) is 84.7 cm³/mol. The van der Waals surface area contributed by atoms with Gasteiger partial charge in [-0.15, -0.1) is 0 Å². The molecule has 0 N–H and O–H groups in total. The van der Waals surface area contributed by atoms with E-state index >= 15 is 0 Å². The average molecular weight is 334 g/mol. The van der Waals surface area contributed by atoms with E-state index in [4.69, 9.17) is 20.9 Å². The van der Waals surface area contributed by atoms with Crippen molar-refractivity contribution < 1.29 is 14.1 Å². The lowest BCUT2D eigenvalue weighted by molar-refractivity contribution is 0.0464. The molecular formula is C16H16ClN3O3. The summed E-state index contributed by atoms with van der Waals surface area (Å²) in [6.07, 6.45) is 3.52. The summed E-state index contributed by atoms with van der Waals surface area (Å²) in [5.74, 6) is 0.132. The summed E-state index contributed by atoms with van der Waals surface area (Å²) in [5, 5.41) is 4.46. The molecule has 0 bridgehead atoms. The van der Waals surface area contributed by atoms with Gasteiger partial charge in [0.15, 0.2) is 5.76 Å². The lowest BCUT2D eigenvalue weighted by Crippen LogP contribution is -2.09. The van der Waals surface area contributed by atoms with Crippen LogP contribution in [0.5, 0.6) is 0 Å². The summed E-state index contributed by atoms with van der Waals surface area (Å²) in [6.45, 7) is 5.66. The van der Waals surface area contributed by atoms with Crippen molar-refractivity contribution in [1.29, 1.82) is 0 Å². The van der Waals surface area contributed by atoms with Gasteiger partial charge in [-0.25, -0.2) is 9.78 Å². The molecule has 6 nitrogen and oxygen atoms in total. The van der Waals surface area contributed by atoms with Crippen molar-refractivity contribution in [3.05, 3.63) is 52.3 Å². The van der Waals surface area contributed by atoms with Gasteiger partial charge < -0.3 is 13.7 Å². The van der Waals surface area contributed by atoms with Gasteiger partial charge in [-0.2, -0.15) is 0 Å². The molecule has 0 fully saturated rings. The minimum Gasteiger partial charge on any atom is -0.455 e. The highest BCUT2D eigenvalue weighted by molar-refractivity contribution is 6.30. The van der Waals surface area contributed by atoms with Crippen molar-refractivity contribution >= 4 is 23.2 Å². The summed E-state index contributed by atoms with van der Waals surface area (Å²) < 4.78 is 12.3. The number of aryl methyl sites for hydroxylation is 1. The predicted octanol–water partition coefficient (Wildman–Crippen LogP) is 3.76. The van der Waals surface area contributed by atoms with Crippen LogP contribution in [0.3, 0.4) is 0 Å². The third-order valence-electron chi connectivity index (χ3n) is 3.43. The minimum atomic E-state index is -0.456. The maximum Gasteiger partial charge on any atom is 0.344 e. The summed E-state index contributed by atoms with van der Waals surface area (Å²) in [5.41, 5.74) is 2.30. The largest absolute Gasteiger partial charge is 0.455 e. The van der Waals surface area contributed by atoms with Crippen LogP contribution in [-0.2, 0) is 11.3 Å². The lowest BCUT2D eigenvalue weighted by atomic mass is 10.1. The number of ether oxygens (including phenoxy) is 1. The van der Waals surface area contributed by atoms with Crippen LogP contribution in [0, 0.1) is 6.92 Å². The Morgan fingerprint density at radius 2 is 2.17 bits per heavy atom. The number of hydrogen-bond acceptors (Lipinski definition) is 5. The molecule has 0 spiro atoms. The highest BCUT2D eigenvalue weighted by atomic mass is 35.5. The molecule has 0 aliphatic heterocycles. The van der Waals surface area contributed by atoms with Crippen LogP contribution in [0.1, 0.15) is 47.3 Å². The average Bonchev–Trinajstić information content (AvgIpc) is 3.07. The fourth-order valence-corrected chi connectivity index (χ4v) is 2.50. The van der Waals surface area contributed by atoms with E-state index in [0.29, 0.717) is 27.7 Å². The molecular weight excluding hydrogens is 318 g/mol. The van der Waals surface area contributed by atoms with Crippen molar-refractivity contribution in [3.63, 3.8) is 0 Å².